The molecule has 0 saturated heterocycles. The first-order valence-corrected chi connectivity index (χ1v) is 7.26. The first kappa shape index (κ1) is 16.5. The molecule has 2 rings (SSSR count). The van der Waals surface area contributed by atoms with Gasteiger partial charge in [-0.1, -0.05) is 17.7 Å². The van der Waals surface area contributed by atoms with Gasteiger partial charge in [-0.2, -0.15) is 0 Å². The number of hydrogen-bond acceptors (Lipinski definition) is 4. The predicted molar refractivity (Wildman–Crippen MR) is 91.6 cm³/mol. The van der Waals surface area contributed by atoms with Crippen molar-refractivity contribution >= 4 is 12.2 Å². The maximum absolute atomic E-state index is 10.1. The lowest BCUT2D eigenvalue weighted by Crippen LogP contribution is -1.89. The van der Waals surface area contributed by atoms with Gasteiger partial charge in [-0.15, -0.1) is 6.58 Å². The number of rotatable bonds is 5. The van der Waals surface area contributed by atoms with Crippen molar-refractivity contribution in [1.82, 2.24) is 0 Å². The van der Waals surface area contributed by atoms with Crippen LogP contribution < -0.4 is 0 Å². The van der Waals surface area contributed by atoms with Crippen LogP contribution in [0.3, 0.4) is 0 Å². The molecule has 0 aliphatic carbocycles. The topological polar surface area (TPSA) is 80.9 Å². The summed E-state index contributed by atoms with van der Waals surface area (Å²) in [5.74, 6) is -0.00812. The molecule has 2 aromatic carbocycles. The summed E-state index contributed by atoms with van der Waals surface area (Å²) < 4.78 is 0. The SMILES string of the molecule is C=C(C)CCc1c(O)cc(/C=C/c2ccc(O)cc2O)cc1O. The van der Waals surface area contributed by atoms with Crippen LogP contribution in [0.5, 0.6) is 23.0 Å². The van der Waals surface area contributed by atoms with Gasteiger partial charge in [0.1, 0.15) is 23.0 Å². The molecule has 4 heteroatoms. The molecule has 0 radical (unpaired) electrons. The smallest absolute Gasteiger partial charge is 0.126 e. The molecule has 0 aliphatic rings. The predicted octanol–water partition coefficient (Wildman–Crippen LogP) is 4.19. The fourth-order valence-electron chi connectivity index (χ4n) is 2.21. The molecule has 0 unspecified atom stereocenters. The summed E-state index contributed by atoms with van der Waals surface area (Å²) >= 11 is 0. The number of phenols is 4. The Morgan fingerprint density at radius 2 is 1.61 bits per heavy atom. The Balaban J connectivity index is 2.24. The Hall–Kier alpha value is -2.88. The highest BCUT2D eigenvalue weighted by molar-refractivity contribution is 5.74. The molecular formula is C19H20O4. The van der Waals surface area contributed by atoms with Crippen LogP contribution in [0.15, 0.2) is 42.5 Å². The molecule has 120 valence electrons. The van der Waals surface area contributed by atoms with Crippen molar-refractivity contribution in [3.05, 3.63) is 59.2 Å². The Morgan fingerprint density at radius 1 is 0.957 bits per heavy atom. The average Bonchev–Trinajstić information content (AvgIpc) is 2.45. The van der Waals surface area contributed by atoms with Gasteiger partial charge in [0, 0.05) is 17.2 Å². The third kappa shape index (κ3) is 4.30. The minimum absolute atomic E-state index is 0.0168. The zero-order valence-corrected chi connectivity index (χ0v) is 13.0. The van der Waals surface area contributed by atoms with Crippen LogP contribution in [0.25, 0.3) is 12.2 Å². The number of hydrogen-bond donors (Lipinski definition) is 4. The van der Waals surface area contributed by atoms with Crippen molar-refractivity contribution in [2.45, 2.75) is 19.8 Å². The summed E-state index contributed by atoms with van der Waals surface area (Å²) in [7, 11) is 0. The van der Waals surface area contributed by atoms with Crippen molar-refractivity contribution in [3.63, 3.8) is 0 Å². The lowest BCUT2D eigenvalue weighted by atomic mass is 10.0. The second-order valence-electron chi connectivity index (χ2n) is 5.57. The van der Waals surface area contributed by atoms with Crippen molar-refractivity contribution in [2.75, 3.05) is 0 Å². The van der Waals surface area contributed by atoms with Crippen LogP contribution >= 0.6 is 0 Å². The van der Waals surface area contributed by atoms with Crippen molar-refractivity contribution in [1.29, 1.82) is 0 Å². The molecule has 23 heavy (non-hydrogen) atoms. The molecule has 0 saturated carbocycles. The van der Waals surface area contributed by atoms with E-state index in [-0.39, 0.29) is 23.0 Å². The summed E-state index contributed by atoms with van der Waals surface area (Å²) in [6, 6.07) is 7.40. The Bertz CT molecular complexity index is 737. The summed E-state index contributed by atoms with van der Waals surface area (Å²) in [6.07, 6.45) is 4.51. The first-order chi connectivity index (χ1) is 10.9. The Labute approximate surface area is 135 Å². The van der Waals surface area contributed by atoms with E-state index < -0.39 is 0 Å². The van der Waals surface area contributed by atoms with Crippen LogP contribution in [0.4, 0.5) is 0 Å². The highest BCUT2D eigenvalue weighted by Crippen LogP contribution is 2.32. The van der Waals surface area contributed by atoms with Crippen molar-refractivity contribution in [3.8, 4) is 23.0 Å². The molecule has 0 aromatic heterocycles. The normalized spacial score (nSPS) is 11.0. The minimum Gasteiger partial charge on any atom is -0.508 e. The van der Waals surface area contributed by atoms with Crippen molar-refractivity contribution < 1.29 is 20.4 Å². The van der Waals surface area contributed by atoms with Crippen LogP contribution in [0.2, 0.25) is 0 Å². The van der Waals surface area contributed by atoms with Gasteiger partial charge in [0.05, 0.1) is 0 Å². The van der Waals surface area contributed by atoms with Gasteiger partial charge >= 0.3 is 0 Å². The van der Waals surface area contributed by atoms with E-state index in [2.05, 4.69) is 6.58 Å². The van der Waals surface area contributed by atoms with Gasteiger partial charge in [0.25, 0.3) is 0 Å². The molecule has 4 N–H and O–H groups in total. The Morgan fingerprint density at radius 3 is 2.17 bits per heavy atom. The van der Waals surface area contributed by atoms with E-state index >= 15 is 0 Å². The maximum atomic E-state index is 10.1. The van der Waals surface area contributed by atoms with Crippen LogP contribution in [-0.4, -0.2) is 20.4 Å². The number of phenolic OH excluding ortho intramolecular Hbond substituents is 4. The number of benzene rings is 2. The van der Waals surface area contributed by atoms with Crippen LogP contribution in [0.1, 0.15) is 30.0 Å². The molecule has 4 nitrogen and oxygen atoms in total. The third-order valence-corrected chi connectivity index (χ3v) is 3.50. The van der Waals surface area contributed by atoms with E-state index in [0.717, 1.165) is 5.57 Å². The van der Waals surface area contributed by atoms with Gasteiger partial charge in [-0.3, -0.25) is 0 Å². The fourth-order valence-corrected chi connectivity index (χ4v) is 2.21. The maximum Gasteiger partial charge on any atom is 0.126 e. The van der Waals surface area contributed by atoms with Crippen LogP contribution in [0, 0.1) is 0 Å². The van der Waals surface area contributed by atoms with E-state index in [9.17, 15) is 20.4 Å². The van der Waals surface area contributed by atoms with Gasteiger partial charge in [0.2, 0.25) is 0 Å². The number of allylic oxidation sites excluding steroid dienone is 1. The Kier molecular flexibility index (Phi) is 4.96. The monoisotopic (exact) mass is 312 g/mol. The largest absolute Gasteiger partial charge is 0.508 e. The highest BCUT2D eigenvalue weighted by atomic mass is 16.3. The van der Waals surface area contributed by atoms with E-state index in [4.69, 9.17) is 0 Å². The van der Waals surface area contributed by atoms with Gasteiger partial charge < -0.3 is 20.4 Å². The summed E-state index contributed by atoms with van der Waals surface area (Å²) in [5, 5.41) is 39.1. The second-order valence-corrected chi connectivity index (χ2v) is 5.57. The zero-order valence-electron chi connectivity index (χ0n) is 13.0. The van der Waals surface area contributed by atoms with Crippen molar-refractivity contribution in [2.24, 2.45) is 0 Å². The third-order valence-electron chi connectivity index (χ3n) is 3.50. The minimum atomic E-state index is -0.0484. The fraction of sp³-hybridized carbons (Fsp3) is 0.158. The van der Waals surface area contributed by atoms with Gasteiger partial charge in [-0.25, -0.2) is 0 Å². The molecule has 2 aromatic rings. The molecular weight excluding hydrogens is 292 g/mol. The molecule has 0 amide bonds. The number of aromatic hydroxyl groups is 4. The molecule has 0 fully saturated rings. The second kappa shape index (κ2) is 6.92. The summed E-state index contributed by atoms with van der Waals surface area (Å²) in [6.45, 7) is 5.71. The van der Waals surface area contributed by atoms with Crippen LogP contribution in [-0.2, 0) is 6.42 Å². The summed E-state index contributed by atoms with van der Waals surface area (Å²) in [4.78, 5) is 0. The molecule has 0 aliphatic heterocycles. The lowest BCUT2D eigenvalue weighted by Gasteiger charge is -2.09. The van der Waals surface area contributed by atoms with Gasteiger partial charge in [-0.05, 0) is 49.6 Å². The molecule has 0 bridgehead atoms. The van der Waals surface area contributed by atoms with E-state index in [1.807, 2.05) is 6.92 Å². The lowest BCUT2D eigenvalue weighted by molar-refractivity contribution is 0.438. The highest BCUT2D eigenvalue weighted by Gasteiger charge is 2.09. The average molecular weight is 312 g/mol. The van der Waals surface area contributed by atoms with E-state index in [1.54, 1.807) is 30.4 Å². The quantitative estimate of drug-likeness (QED) is 0.493. The van der Waals surface area contributed by atoms with E-state index in [0.29, 0.717) is 29.5 Å². The van der Waals surface area contributed by atoms with Gasteiger partial charge in [0.15, 0.2) is 0 Å². The van der Waals surface area contributed by atoms with E-state index in [1.165, 1.54) is 12.1 Å². The molecule has 0 spiro atoms. The molecule has 0 atom stereocenters. The first-order valence-electron chi connectivity index (χ1n) is 7.26. The molecule has 0 heterocycles. The standard InChI is InChI=1S/C19H20O4/c1-12(2)3-8-16-18(22)9-13(10-19(16)23)4-5-14-6-7-15(20)11-17(14)21/h4-7,9-11,20-23H,1,3,8H2,2H3/b5-4+. The zero-order chi connectivity index (χ0) is 17.0. The summed E-state index contributed by atoms with van der Waals surface area (Å²) in [5.41, 5.74) is 2.60.